The van der Waals surface area contributed by atoms with Crippen molar-refractivity contribution >= 4 is 32.9 Å². The molecule has 162 valence electrons. The van der Waals surface area contributed by atoms with Crippen molar-refractivity contribution in [3.63, 3.8) is 0 Å². The van der Waals surface area contributed by atoms with Gasteiger partial charge in [-0.25, -0.2) is 18.3 Å². The van der Waals surface area contributed by atoms with Gasteiger partial charge in [0.25, 0.3) is 0 Å². The Morgan fingerprint density at radius 2 is 2.10 bits per heavy atom. The summed E-state index contributed by atoms with van der Waals surface area (Å²) in [5.41, 5.74) is 3.53. The molecular formula is C22H27BrN2O4S. The second-order valence-electron chi connectivity index (χ2n) is 8.12. The predicted molar refractivity (Wildman–Crippen MR) is 121 cm³/mol. The monoisotopic (exact) mass is 494 g/mol. The number of pyridine rings is 1. The molecule has 0 saturated carbocycles. The van der Waals surface area contributed by atoms with Crippen LogP contribution in [0.3, 0.4) is 0 Å². The minimum absolute atomic E-state index is 0.0422. The zero-order valence-corrected chi connectivity index (χ0v) is 20.0. The summed E-state index contributed by atoms with van der Waals surface area (Å²) < 4.78 is 20.8. The first kappa shape index (κ1) is 23.1. The standard InChI is InChI=1S/C22H27BrN2O4S/c1-5-29-21(27)17-12-15-13-25(30(28)22(2,3)4)18(9-10-26)19(15)20(24-17)14-7-6-8-16(23)11-14/h6-8,11-12,18,26H,5,9-10,13H2,1-4H3/t18-,30-/m1/s1. The fourth-order valence-corrected chi connectivity index (χ4v) is 5.44. The molecule has 1 aromatic carbocycles. The molecule has 30 heavy (non-hydrogen) atoms. The molecular weight excluding hydrogens is 468 g/mol. The van der Waals surface area contributed by atoms with Crippen LogP contribution < -0.4 is 0 Å². The Hall–Kier alpha value is -1.61. The highest BCUT2D eigenvalue weighted by molar-refractivity contribution is 9.10. The van der Waals surface area contributed by atoms with E-state index in [-0.39, 0.29) is 24.9 Å². The lowest BCUT2D eigenvalue weighted by atomic mass is 9.96. The molecule has 3 rings (SSSR count). The molecule has 2 aromatic rings. The SMILES string of the molecule is CCOC(=O)c1cc2c(c(-c3cccc(Br)c3)n1)[C@@H](CCO)N([S@](=O)C(C)(C)C)C2. The number of carbonyl (C=O) groups is 1. The van der Waals surface area contributed by atoms with Gasteiger partial charge in [-0.2, -0.15) is 0 Å². The van der Waals surface area contributed by atoms with Crippen LogP contribution in [0.4, 0.5) is 0 Å². The van der Waals surface area contributed by atoms with E-state index in [1.807, 2.05) is 49.3 Å². The summed E-state index contributed by atoms with van der Waals surface area (Å²) in [7, 11) is -1.29. The number of halogens is 1. The Kier molecular flexibility index (Phi) is 7.12. The molecule has 2 atom stereocenters. The summed E-state index contributed by atoms with van der Waals surface area (Å²) in [6, 6.07) is 9.18. The second kappa shape index (κ2) is 9.26. The van der Waals surface area contributed by atoms with Gasteiger partial charge in [0.1, 0.15) is 16.7 Å². The van der Waals surface area contributed by atoms with E-state index >= 15 is 0 Å². The predicted octanol–water partition coefficient (Wildman–Crippen LogP) is 4.39. The number of ether oxygens (including phenoxy) is 1. The van der Waals surface area contributed by atoms with E-state index in [2.05, 4.69) is 20.9 Å². The van der Waals surface area contributed by atoms with E-state index in [9.17, 15) is 14.1 Å². The van der Waals surface area contributed by atoms with Gasteiger partial charge in [0.15, 0.2) is 0 Å². The summed E-state index contributed by atoms with van der Waals surface area (Å²) in [6.45, 7) is 8.18. The van der Waals surface area contributed by atoms with Crippen LogP contribution in [0.1, 0.15) is 61.8 Å². The highest BCUT2D eigenvalue weighted by Crippen LogP contribution is 2.44. The lowest BCUT2D eigenvalue weighted by Crippen LogP contribution is -2.36. The number of carbonyl (C=O) groups excluding carboxylic acids is 1. The highest BCUT2D eigenvalue weighted by Gasteiger charge is 2.40. The van der Waals surface area contributed by atoms with Crippen molar-refractivity contribution in [2.75, 3.05) is 13.2 Å². The summed E-state index contributed by atoms with van der Waals surface area (Å²) in [6.07, 6.45) is 0.427. The molecule has 0 fully saturated rings. The van der Waals surface area contributed by atoms with Gasteiger partial charge in [-0.15, -0.1) is 0 Å². The third-order valence-electron chi connectivity index (χ3n) is 4.87. The summed E-state index contributed by atoms with van der Waals surface area (Å²) in [4.78, 5) is 17.1. The van der Waals surface area contributed by atoms with Crippen LogP contribution in [0, 0.1) is 0 Å². The Labute approximate surface area is 188 Å². The number of benzene rings is 1. The van der Waals surface area contributed by atoms with Crippen molar-refractivity contribution in [3.8, 4) is 11.3 Å². The number of hydrogen-bond donors (Lipinski definition) is 1. The number of aliphatic hydroxyl groups is 1. The quantitative estimate of drug-likeness (QED) is 0.602. The van der Waals surface area contributed by atoms with Crippen LogP contribution in [0.25, 0.3) is 11.3 Å². The maximum absolute atomic E-state index is 13.3. The molecule has 1 aromatic heterocycles. The van der Waals surface area contributed by atoms with Gasteiger partial charge in [-0.1, -0.05) is 28.1 Å². The van der Waals surface area contributed by atoms with Crippen molar-refractivity contribution in [1.82, 2.24) is 9.29 Å². The van der Waals surface area contributed by atoms with Crippen molar-refractivity contribution in [1.29, 1.82) is 0 Å². The molecule has 0 aliphatic carbocycles. The van der Waals surface area contributed by atoms with Gasteiger partial charge < -0.3 is 9.84 Å². The maximum atomic E-state index is 13.3. The largest absolute Gasteiger partial charge is 0.461 e. The molecule has 8 heteroatoms. The summed E-state index contributed by atoms with van der Waals surface area (Å²) in [5.74, 6) is -0.481. The van der Waals surface area contributed by atoms with Crippen LogP contribution in [0.15, 0.2) is 34.8 Å². The van der Waals surface area contributed by atoms with Gasteiger partial charge in [0, 0.05) is 28.8 Å². The Balaban J connectivity index is 2.21. The van der Waals surface area contributed by atoms with Crippen LogP contribution in [0.5, 0.6) is 0 Å². The summed E-state index contributed by atoms with van der Waals surface area (Å²) in [5, 5.41) is 9.75. The molecule has 1 aliphatic rings. The Morgan fingerprint density at radius 3 is 2.70 bits per heavy atom. The Bertz CT molecular complexity index is 974. The number of fused-ring (bicyclic) bond motifs is 1. The first-order valence-corrected chi connectivity index (χ1v) is 11.8. The van der Waals surface area contributed by atoms with E-state index in [1.165, 1.54) is 0 Å². The van der Waals surface area contributed by atoms with Crippen LogP contribution in [0.2, 0.25) is 0 Å². The summed E-state index contributed by atoms with van der Waals surface area (Å²) >= 11 is 3.50. The molecule has 0 amide bonds. The smallest absolute Gasteiger partial charge is 0.356 e. The van der Waals surface area contributed by atoms with Crippen molar-refractivity contribution < 1.29 is 18.8 Å². The van der Waals surface area contributed by atoms with Crippen molar-refractivity contribution in [2.24, 2.45) is 0 Å². The number of aromatic nitrogens is 1. The Morgan fingerprint density at radius 1 is 1.37 bits per heavy atom. The third kappa shape index (κ3) is 4.66. The molecule has 1 N–H and O–H groups in total. The second-order valence-corrected chi connectivity index (χ2v) is 11.2. The van der Waals surface area contributed by atoms with Gasteiger partial charge in [-0.3, -0.25) is 0 Å². The molecule has 0 spiro atoms. The molecule has 1 aliphatic heterocycles. The number of nitrogens with zero attached hydrogens (tertiary/aromatic N) is 2. The number of aliphatic hydroxyl groups excluding tert-OH is 1. The molecule has 0 saturated heterocycles. The normalized spacial score (nSPS) is 17.6. The topological polar surface area (TPSA) is 79.7 Å². The molecule has 0 bridgehead atoms. The van der Waals surface area contributed by atoms with E-state index in [0.29, 0.717) is 18.7 Å². The number of esters is 1. The molecule has 6 nitrogen and oxygen atoms in total. The fraction of sp³-hybridized carbons (Fsp3) is 0.455. The fourth-order valence-electron chi connectivity index (χ4n) is 3.63. The van der Waals surface area contributed by atoms with E-state index < -0.39 is 21.7 Å². The van der Waals surface area contributed by atoms with Gasteiger partial charge >= 0.3 is 5.97 Å². The van der Waals surface area contributed by atoms with Gasteiger partial charge in [0.05, 0.1) is 23.1 Å². The average molecular weight is 495 g/mol. The van der Waals surface area contributed by atoms with Crippen LogP contribution >= 0.6 is 15.9 Å². The highest BCUT2D eigenvalue weighted by atomic mass is 79.9. The minimum Gasteiger partial charge on any atom is -0.461 e. The van der Waals surface area contributed by atoms with E-state index in [0.717, 1.165) is 21.2 Å². The zero-order valence-electron chi connectivity index (χ0n) is 17.6. The number of hydrogen-bond acceptors (Lipinski definition) is 5. The first-order chi connectivity index (χ1) is 14.2. The maximum Gasteiger partial charge on any atom is 0.356 e. The zero-order chi connectivity index (χ0) is 22.1. The van der Waals surface area contributed by atoms with Crippen LogP contribution in [-0.2, 0) is 22.3 Å². The van der Waals surface area contributed by atoms with E-state index in [1.54, 1.807) is 13.0 Å². The number of rotatable bonds is 6. The van der Waals surface area contributed by atoms with E-state index in [4.69, 9.17) is 4.74 Å². The van der Waals surface area contributed by atoms with Crippen molar-refractivity contribution in [2.45, 2.75) is 51.4 Å². The van der Waals surface area contributed by atoms with Crippen LogP contribution in [-0.4, -0.2) is 42.5 Å². The average Bonchev–Trinajstić information content (AvgIpc) is 3.04. The molecule has 2 heterocycles. The van der Waals surface area contributed by atoms with Gasteiger partial charge in [-0.05, 0) is 57.9 Å². The lowest BCUT2D eigenvalue weighted by molar-refractivity contribution is 0.0519. The van der Waals surface area contributed by atoms with Gasteiger partial charge in [0.2, 0.25) is 0 Å². The van der Waals surface area contributed by atoms with Crippen molar-refractivity contribution in [3.05, 3.63) is 51.6 Å². The minimum atomic E-state index is -1.29. The molecule has 0 radical (unpaired) electrons. The lowest BCUT2D eigenvalue weighted by Gasteiger charge is -2.30. The molecule has 0 unspecified atom stereocenters. The third-order valence-corrected chi connectivity index (χ3v) is 7.22. The first-order valence-electron chi connectivity index (χ1n) is 9.93.